The zero-order valence-corrected chi connectivity index (χ0v) is 8.76. The van der Waals surface area contributed by atoms with Crippen molar-refractivity contribution < 1.29 is 14.3 Å². The molecule has 0 aliphatic carbocycles. The third-order valence-corrected chi connectivity index (χ3v) is 1.96. The van der Waals surface area contributed by atoms with Crippen LogP contribution in [0.2, 0.25) is 0 Å². The van der Waals surface area contributed by atoms with Gasteiger partial charge in [0.05, 0.1) is 19.0 Å². The molecule has 0 saturated carbocycles. The highest BCUT2D eigenvalue weighted by atomic mass is 79.9. The van der Waals surface area contributed by atoms with Crippen LogP contribution in [0.1, 0.15) is 6.92 Å². The van der Waals surface area contributed by atoms with E-state index in [1.165, 1.54) is 12.0 Å². The van der Waals surface area contributed by atoms with E-state index < -0.39 is 6.09 Å². The first kappa shape index (κ1) is 11.4. The van der Waals surface area contributed by atoms with Gasteiger partial charge < -0.3 is 9.64 Å². The smallest absolute Gasteiger partial charge is 0.409 e. The van der Waals surface area contributed by atoms with Gasteiger partial charge in [-0.2, -0.15) is 0 Å². The number of ketones is 1. The van der Waals surface area contributed by atoms with Crippen LogP contribution in [0.25, 0.3) is 0 Å². The molecule has 0 radical (unpaired) electrons. The molecule has 1 amide bonds. The third-order valence-electron chi connectivity index (χ3n) is 1.33. The summed E-state index contributed by atoms with van der Waals surface area (Å²) >= 11 is 3.02. The molecule has 0 N–H and O–H groups in total. The van der Waals surface area contributed by atoms with Gasteiger partial charge in [-0.05, 0) is 6.92 Å². The maximum absolute atomic E-state index is 10.9. The summed E-state index contributed by atoms with van der Waals surface area (Å²) in [6.45, 7) is 2.37. The second kappa shape index (κ2) is 5.99. The number of carbonyl (C=O) groups excluding carboxylic acids is 2. The molecular weight excluding hydrogens is 226 g/mol. The second-order valence-corrected chi connectivity index (χ2v) is 2.72. The minimum Gasteiger partial charge on any atom is -0.453 e. The molecule has 0 saturated heterocycles. The number of alkyl halides is 1. The quantitative estimate of drug-likeness (QED) is 0.687. The van der Waals surface area contributed by atoms with Gasteiger partial charge in [-0.3, -0.25) is 4.79 Å². The maximum Gasteiger partial charge on any atom is 0.409 e. The van der Waals surface area contributed by atoms with Gasteiger partial charge in [0.25, 0.3) is 0 Å². The Morgan fingerprint density at radius 3 is 2.42 bits per heavy atom. The Morgan fingerprint density at radius 2 is 2.08 bits per heavy atom. The van der Waals surface area contributed by atoms with Crippen LogP contribution in [0.15, 0.2) is 0 Å². The molecule has 0 aromatic carbocycles. The number of nitrogens with zero attached hydrogens (tertiary/aromatic N) is 1. The Hall–Kier alpha value is -0.580. The number of methoxy groups -OCH3 is 1. The fourth-order valence-corrected chi connectivity index (χ4v) is 0.867. The highest BCUT2D eigenvalue weighted by molar-refractivity contribution is 9.09. The normalized spacial score (nSPS) is 9.25. The average Bonchev–Trinajstić information content (AvgIpc) is 2.12. The third kappa shape index (κ3) is 3.71. The summed E-state index contributed by atoms with van der Waals surface area (Å²) in [6.07, 6.45) is -0.466. The van der Waals surface area contributed by atoms with Gasteiger partial charge in [-0.1, -0.05) is 15.9 Å². The number of likely N-dealkylation sites (N-methyl/N-ethyl adjacent to an activating group) is 1. The van der Waals surface area contributed by atoms with Crippen LogP contribution in [0.3, 0.4) is 0 Å². The van der Waals surface area contributed by atoms with Crippen molar-refractivity contribution in [2.45, 2.75) is 6.92 Å². The van der Waals surface area contributed by atoms with Gasteiger partial charge in [-0.25, -0.2) is 4.79 Å². The van der Waals surface area contributed by atoms with Gasteiger partial charge in [0.15, 0.2) is 5.78 Å². The van der Waals surface area contributed by atoms with Crippen molar-refractivity contribution in [1.82, 2.24) is 4.90 Å². The lowest BCUT2D eigenvalue weighted by molar-refractivity contribution is -0.117. The van der Waals surface area contributed by atoms with Crippen molar-refractivity contribution >= 4 is 27.8 Å². The summed E-state index contributed by atoms with van der Waals surface area (Å²) in [5.74, 6) is -0.0396. The summed E-state index contributed by atoms with van der Waals surface area (Å²) in [7, 11) is 1.30. The predicted octanol–water partition coefficient (Wildman–Crippen LogP) is 1.04. The van der Waals surface area contributed by atoms with Crippen LogP contribution in [0.4, 0.5) is 4.79 Å². The van der Waals surface area contributed by atoms with Crippen molar-refractivity contribution in [3.8, 4) is 0 Å². The number of amides is 1. The molecule has 0 rings (SSSR count). The van der Waals surface area contributed by atoms with E-state index in [-0.39, 0.29) is 17.7 Å². The van der Waals surface area contributed by atoms with Crippen LogP contribution < -0.4 is 0 Å². The van der Waals surface area contributed by atoms with Crippen LogP contribution in [-0.4, -0.2) is 42.3 Å². The summed E-state index contributed by atoms with van der Waals surface area (Å²) in [5, 5.41) is 0.264. The number of Topliss-reactive ketones (excluding diaryl/α,β-unsaturated/α-hetero) is 1. The zero-order valence-electron chi connectivity index (χ0n) is 7.17. The lowest BCUT2D eigenvalue weighted by Gasteiger charge is -2.17. The first-order valence-corrected chi connectivity index (χ1v) is 4.68. The highest BCUT2D eigenvalue weighted by Gasteiger charge is 2.14. The lowest BCUT2D eigenvalue weighted by atomic mass is 10.4. The first-order chi connectivity index (χ1) is 5.65. The number of halogens is 1. The van der Waals surface area contributed by atoms with E-state index in [1.54, 1.807) is 6.92 Å². The Labute approximate surface area is 80.0 Å². The van der Waals surface area contributed by atoms with Gasteiger partial charge in [-0.15, -0.1) is 0 Å². The molecule has 70 valence electrons. The number of ether oxygens (including phenoxy) is 1. The molecule has 0 spiro atoms. The Balaban J connectivity index is 3.99. The first-order valence-electron chi connectivity index (χ1n) is 3.56. The molecule has 0 fully saturated rings. The SMILES string of the molecule is CCN(CC(=O)CBr)C(=O)OC. The van der Waals surface area contributed by atoms with Gasteiger partial charge in [0, 0.05) is 6.54 Å². The van der Waals surface area contributed by atoms with E-state index in [9.17, 15) is 9.59 Å². The fourth-order valence-electron chi connectivity index (χ4n) is 0.690. The summed E-state index contributed by atoms with van der Waals surface area (Å²) in [5.41, 5.74) is 0. The summed E-state index contributed by atoms with van der Waals surface area (Å²) in [6, 6.07) is 0. The Morgan fingerprint density at radius 1 is 1.50 bits per heavy atom. The molecule has 0 atom stereocenters. The summed E-state index contributed by atoms with van der Waals surface area (Å²) < 4.78 is 4.47. The molecule has 0 aromatic heterocycles. The molecular formula is C7H12BrNO3. The molecule has 4 nitrogen and oxygen atoms in total. The van der Waals surface area contributed by atoms with E-state index in [0.717, 1.165) is 0 Å². The largest absolute Gasteiger partial charge is 0.453 e. The average molecular weight is 238 g/mol. The molecule has 5 heteroatoms. The van der Waals surface area contributed by atoms with Gasteiger partial charge in [0.1, 0.15) is 0 Å². The highest BCUT2D eigenvalue weighted by Crippen LogP contribution is 1.94. The van der Waals surface area contributed by atoms with E-state index in [4.69, 9.17) is 0 Å². The van der Waals surface area contributed by atoms with Crippen LogP contribution in [-0.2, 0) is 9.53 Å². The van der Waals surface area contributed by atoms with Gasteiger partial charge in [0.2, 0.25) is 0 Å². The van der Waals surface area contributed by atoms with E-state index in [1.807, 2.05) is 0 Å². The minimum absolute atomic E-state index is 0.0396. The van der Waals surface area contributed by atoms with E-state index in [2.05, 4.69) is 20.7 Å². The number of hydrogen-bond donors (Lipinski definition) is 0. The molecule has 0 aliphatic heterocycles. The number of carbonyl (C=O) groups is 2. The van der Waals surface area contributed by atoms with Crippen LogP contribution >= 0.6 is 15.9 Å². The molecule has 0 aliphatic rings. The molecule has 0 unspecified atom stereocenters. The standard InChI is InChI=1S/C7H12BrNO3/c1-3-9(7(11)12-2)5-6(10)4-8/h3-5H2,1-2H3. The van der Waals surface area contributed by atoms with Crippen molar-refractivity contribution in [2.24, 2.45) is 0 Å². The molecule has 0 aromatic rings. The van der Waals surface area contributed by atoms with E-state index >= 15 is 0 Å². The molecule has 0 bridgehead atoms. The second-order valence-electron chi connectivity index (χ2n) is 2.16. The van der Waals surface area contributed by atoms with Gasteiger partial charge >= 0.3 is 6.09 Å². The monoisotopic (exact) mass is 237 g/mol. The number of rotatable bonds is 4. The van der Waals surface area contributed by atoms with Crippen LogP contribution in [0, 0.1) is 0 Å². The Bertz CT molecular complexity index is 172. The van der Waals surface area contributed by atoms with Crippen LogP contribution in [0.5, 0.6) is 0 Å². The molecule has 0 heterocycles. The summed E-state index contributed by atoms with van der Waals surface area (Å²) in [4.78, 5) is 23.2. The predicted molar refractivity (Wildman–Crippen MR) is 48.5 cm³/mol. The van der Waals surface area contributed by atoms with Crippen molar-refractivity contribution in [1.29, 1.82) is 0 Å². The van der Waals surface area contributed by atoms with Crippen molar-refractivity contribution in [3.05, 3.63) is 0 Å². The minimum atomic E-state index is -0.466. The topological polar surface area (TPSA) is 46.6 Å². The van der Waals surface area contributed by atoms with E-state index in [0.29, 0.717) is 6.54 Å². The zero-order chi connectivity index (χ0) is 9.56. The fraction of sp³-hybridized carbons (Fsp3) is 0.714. The lowest BCUT2D eigenvalue weighted by Crippen LogP contribution is -2.35. The maximum atomic E-state index is 10.9. The molecule has 12 heavy (non-hydrogen) atoms. The number of hydrogen-bond acceptors (Lipinski definition) is 3. The van der Waals surface area contributed by atoms with Crippen molar-refractivity contribution in [2.75, 3.05) is 25.5 Å². The van der Waals surface area contributed by atoms with Crippen molar-refractivity contribution in [3.63, 3.8) is 0 Å². The Kier molecular flexibility index (Phi) is 5.70.